The number of amides is 2. The number of likely N-dealkylation sites (tertiary alicyclic amines) is 1. The minimum absolute atomic E-state index is 0.000782. The first-order valence-corrected chi connectivity index (χ1v) is 11.3. The third kappa shape index (κ3) is 4.18. The van der Waals surface area contributed by atoms with Gasteiger partial charge in [-0.1, -0.05) is 72.3 Å². The van der Waals surface area contributed by atoms with Crippen LogP contribution in [-0.4, -0.2) is 35.0 Å². The molecule has 1 N–H and O–H groups in total. The fourth-order valence-corrected chi connectivity index (χ4v) is 5.11. The fraction of sp³-hybridized carbons (Fsp3) is 0.269. The lowest BCUT2D eigenvalue weighted by Crippen LogP contribution is -2.52. The van der Waals surface area contributed by atoms with E-state index in [2.05, 4.69) is 57.6 Å². The first-order chi connectivity index (χ1) is 15.2. The van der Waals surface area contributed by atoms with E-state index in [9.17, 15) is 4.79 Å². The molecule has 0 saturated carbocycles. The smallest absolute Gasteiger partial charge is 0.310 e. The van der Waals surface area contributed by atoms with E-state index in [1.54, 1.807) is 0 Å². The van der Waals surface area contributed by atoms with Crippen molar-refractivity contribution in [2.45, 2.75) is 31.5 Å². The van der Waals surface area contributed by atoms with Crippen molar-refractivity contribution in [3.63, 3.8) is 0 Å². The van der Waals surface area contributed by atoms with Crippen molar-refractivity contribution < 1.29 is 4.79 Å². The molecule has 31 heavy (non-hydrogen) atoms. The summed E-state index contributed by atoms with van der Waals surface area (Å²) in [6, 6.07) is 26.8. The van der Waals surface area contributed by atoms with Gasteiger partial charge >= 0.3 is 6.03 Å². The standard InChI is InChI=1S/C26H26ClN3O/c27-21-10-6-7-19(17-21)18-29-15-13-22(14-16-29)30-25(20-8-2-1-3-9-20)23-11-4-5-12-24(23)28-26(30)31/h1-12,17,22,25H,13-16,18H2,(H,28,31). The van der Waals surface area contributed by atoms with Crippen LogP contribution in [0.3, 0.4) is 0 Å². The molecule has 0 bridgehead atoms. The van der Waals surface area contributed by atoms with Crippen molar-refractivity contribution in [3.8, 4) is 0 Å². The molecule has 3 aromatic rings. The number of rotatable bonds is 4. The summed E-state index contributed by atoms with van der Waals surface area (Å²) < 4.78 is 0. The number of hydrogen-bond acceptors (Lipinski definition) is 2. The van der Waals surface area contributed by atoms with Crippen LogP contribution in [0, 0.1) is 0 Å². The number of nitrogens with one attached hydrogen (secondary N) is 1. The number of benzene rings is 3. The molecule has 1 fully saturated rings. The zero-order valence-electron chi connectivity index (χ0n) is 17.4. The van der Waals surface area contributed by atoms with Crippen LogP contribution in [0.25, 0.3) is 0 Å². The van der Waals surface area contributed by atoms with Crippen LogP contribution in [0.15, 0.2) is 78.9 Å². The summed E-state index contributed by atoms with van der Waals surface area (Å²) >= 11 is 6.15. The summed E-state index contributed by atoms with van der Waals surface area (Å²) in [5.41, 5.74) is 4.47. The number of nitrogens with zero attached hydrogens (tertiary/aromatic N) is 2. The Morgan fingerprint density at radius 1 is 0.903 bits per heavy atom. The van der Waals surface area contributed by atoms with E-state index in [0.717, 1.165) is 54.3 Å². The minimum Gasteiger partial charge on any atom is -0.310 e. The van der Waals surface area contributed by atoms with Gasteiger partial charge in [0.25, 0.3) is 0 Å². The van der Waals surface area contributed by atoms with Crippen LogP contribution in [-0.2, 0) is 6.54 Å². The molecule has 158 valence electrons. The zero-order valence-corrected chi connectivity index (χ0v) is 18.1. The van der Waals surface area contributed by atoms with E-state index < -0.39 is 0 Å². The number of anilines is 1. The second-order valence-electron chi connectivity index (χ2n) is 8.38. The number of hydrogen-bond donors (Lipinski definition) is 1. The summed E-state index contributed by atoms with van der Waals surface area (Å²) in [7, 11) is 0. The maximum absolute atomic E-state index is 13.2. The molecule has 5 heteroatoms. The molecule has 2 heterocycles. The molecular weight excluding hydrogens is 406 g/mol. The van der Waals surface area contributed by atoms with E-state index in [4.69, 9.17) is 11.6 Å². The number of carbonyl (C=O) groups is 1. The lowest BCUT2D eigenvalue weighted by molar-refractivity contribution is 0.106. The van der Waals surface area contributed by atoms with Crippen LogP contribution in [0.1, 0.15) is 35.6 Å². The highest BCUT2D eigenvalue weighted by Crippen LogP contribution is 2.40. The highest BCUT2D eigenvalue weighted by atomic mass is 35.5. The summed E-state index contributed by atoms with van der Waals surface area (Å²) in [6.45, 7) is 2.82. The predicted octanol–water partition coefficient (Wildman–Crippen LogP) is 5.94. The maximum Gasteiger partial charge on any atom is 0.322 e. The van der Waals surface area contributed by atoms with Crippen LogP contribution >= 0.6 is 11.6 Å². The molecule has 5 rings (SSSR count). The monoisotopic (exact) mass is 431 g/mol. The molecule has 4 nitrogen and oxygen atoms in total. The Labute approximate surface area is 188 Å². The molecule has 2 amide bonds. The van der Waals surface area contributed by atoms with Crippen molar-refractivity contribution in [3.05, 3.63) is 101 Å². The fourth-order valence-electron chi connectivity index (χ4n) is 4.90. The van der Waals surface area contributed by atoms with E-state index in [-0.39, 0.29) is 18.1 Å². The van der Waals surface area contributed by atoms with Gasteiger partial charge in [0.1, 0.15) is 0 Å². The van der Waals surface area contributed by atoms with E-state index in [1.807, 2.05) is 36.4 Å². The molecule has 0 radical (unpaired) electrons. The SMILES string of the molecule is O=C1Nc2ccccc2C(c2ccccc2)N1C1CCN(Cc2cccc(Cl)c2)CC1. The second-order valence-corrected chi connectivity index (χ2v) is 8.81. The Kier molecular flexibility index (Phi) is 5.66. The third-order valence-electron chi connectivity index (χ3n) is 6.37. The summed E-state index contributed by atoms with van der Waals surface area (Å²) in [5, 5.41) is 3.90. The van der Waals surface area contributed by atoms with Crippen molar-refractivity contribution in [1.29, 1.82) is 0 Å². The Hall–Kier alpha value is -2.82. The Balaban J connectivity index is 1.37. The van der Waals surface area contributed by atoms with Gasteiger partial charge in [-0.25, -0.2) is 4.79 Å². The Morgan fingerprint density at radius 2 is 1.65 bits per heavy atom. The van der Waals surface area contributed by atoms with Crippen molar-refractivity contribution in [2.75, 3.05) is 18.4 Å². The summed E-state index contributed by atoms with van der Waals surface area (Å²) in [6.07, 6.45) is 1.92. The molecule has 1 saturated heterocycles. The number of fused-ring (bicyclic) bond motifs is 1. The highest BCUT2D eigenvalue weighted by Gasteiger charge is 2.38. The Bertz CT molecular complexity index is 1060. The third-order valence-corrected chi connectivity index (χ3v) is 6.61. The van der Waals surface area contributed by atoms with Gasteiger partial charge in [0.2, 0.25) is 0 Å². The van der Waals surface area contributed by atoms with Crippen molar-refractivity contribution in [2.24, 2.45) is 0 Å². The van der Waals surface area contributed by atoms with Gasteiger partial charge in [-0.15, -0.1) is 0 Å². The van der Waals surface area contributed by atoms with Crippen LogP contribution in [0.4, 0.5) is 10.5 Å². The molecule has 1 atom stereocenters. The van der Waals surface area contributed by atoms with E-state index in [0.29, 0.717) is 0 Å². The number of piperidine rings is 1. The first-order valence-electron chi connectivity index (χ1n) is 10.9. The van der Waals surface area contributed by atoms with Gasteiger partial charge in [-0.2, -0.15) is 0 Å². The number of halogens is 1. The molecule has 0 aliphatic carbocycles. The van der Waals surface area contributed by atoms with Crippen molar-refractivity contribution in [1.82, 2.24) is 9.80 Å². The Morgan fingerprint density at radius 3 is 2.42 bits per heavy atom. The quantitative estimate of drug-likeness (QED) is 0.554. The van der Waals surface area contributed by atoms with Gasteiger partial charge in [-0.05, 0) is 42.2 Å². The summed E-state index contributed by atoms with van der Waals surface area (Å²) in [5.74, 6) is 0. The van der Waals surface area contributed by atoms with Gasteiger partial charge < -0.3 is 10.2 Å². The molecule has 3 aromatic carbocycles. The molecule has 1 unspecified atom stereocenters. The van der Waals surface area contributed by atoms with Crippen LogP contribution < -0.4 is 5.32 Å². The van der Waals surface area contributed by atoms with Gasteiger partial charge in [0.15, 0.2) is 0 Å². The van der Waals surface area contributed by atoms with Gasteiger partial charge in [0.05, 0.1) is 6.04 Å². The maximum atomic E-state index is 13.2. The molecular formula is C26H26ClN3O. The topological polar surface area (TPSA) is 35.6 Å². The molecule has 2 aliphatic rings. The van der Waals surface area contributed by atoms with Crippen molar-refractivity contribution >= 4 is 23.3 Å². The second kappa shape index (κ2) is 8.74. The largest absolute Gasteiger partial charge is 0.322 e. The number of para-hydroxylation sites is 1. The first kappa shape index (κ1) is 20.1. The predicted molar refractivity (Wildman–Crippen MR) is 125 cm³/mol. The molecule has 0 spiro atoms. The molecule has 0 aromatic heterocycles. The lowest BCUT2D eigenvalue weighted by atomic mass is 9.90. The average molecular weight is 432 g/mol. The van der Waals surface area contributed by atoms with Crippen LogP contribution in [0.2, 0.25) is 5.02 Å². The summed E-state index contributed by atoms with van der Waals surface area (Å²) in [4.78, 5) is 17.8. The molecule has 2 aliphatic heterocycles. The van der Waals surface area contributed by atoms with E-state index in [1.165, 1.54) is 5.56 Å². The lowest BCUT2D eigenvalue weighted by Gasteiger charge is -2.45. The highest BCUT2D eigenvalue weighted by molar-refractivity contribution is 6.30. The van der Waals surface area contributed by atoms with Gasteiger partial charge in [0, 0.05) is 41.9 Å². The minimum atomic E-state index is -0.0596. The number of carbonyl (C=O) groups excluding carboxylic acids is 1. The average Bonchev–Trinajstić information content (AvgIpc) is 2.79. The van der Waals surface area contributed by atoms with Gasteiger partial charge in [-0.3, -0.25) is 4.90 Å². The number of urea groups is 1. The zero-order chi connectivity index (χ0) is 21.2. The van der Waals surface area contributed by atoms with E-state index >= 15 is 0 Å². The van der Waals surface area contributed by atoms with Crippen LogP contribution in [0.5, 0.6) is 0 Å². The normalized spacial score (nSPS) is 19.7.